The number of hydrogen-bond donors (Lipinski definition) is 1. The summed E-state index contributed by atoms with van der Waals surface area (Å²) in [7, 11) is 1.47. The molecule has 2 aromatic rings. The van der Waals surface area contributed by atoms with E-state index in [1.54, 1.807) is 42.5 Å². The summed E-state index contributed by atoms with van der Waals surface area (Å²) in [6, 6.07) is 11.3. The van der Waals surface area contributed by atoms with Crippen molar-refractivity contribution in [1.29, 1.82) is 0 Å². The van der Waals surface area contributed by atoms with Crippen LogP contribution >= 0.6 is 23.2 Å². The molecule has 0 aliphatic carbocycles. The number of amides is 1. The Labute approximate surface area is 167 Å². The van der Waals surface area contributed by atoms with Crippen molar-refractivity contribution in [2.45, 2.75) is 26.1 Å². The molecular weight excluding hydrogens is 393 g/mol. The smallest absolute Gasteiger partial charge is 0.347 e. The standard InChI is InChI=1S/C19H19Cl2NO5/c1-11(18(23)22-16-10-14(21)6-9-17(16)25-3)27-19(24)12(2)26-15-7-4-13(20)5-8-15/h4-12H,1-3H3,(H,22,23)/t11-,12-/m1/s1. The molecule has 0 spiro atoms. The largest absolute Gasteiger partial charge is 0.495 e. The molecule has 8 heteroatoms. The number of ether oxygens (including phenoxy) is 3. The molecule has 0 unspecified atom stereocenters. The predicted molar refractivity (Wildman–Crippen MR) is 104 cm³/mol. The number of nitrogens with one attached hydrogen (secondary N) is 1. The lowest BCUT2D eigenvalue weighted by Gasteiger charge is -2.18. The van der Waals surface area contributed by atoms with Crippen molar-refractivity contribution in [2.75, 3.05) is 12.4 Å². The highest BCUT2D eigenvalue weighted by atomic mass is 35.5. The third-order valence-electron chi connectivity index (χ3n) is 3.54. The molecule has 0 saturated carbocycles. The van der Waals surface area contributed by atoms with Crippen LogP contribution in [0.3, 0.4) is 0 Å². The highest BCUT2D eigenvalue weighted by Gasteiger charge is 2.24. The van der Waals surface area contributed by atoms with Gasteiger partial charge in [0.1, 0.15) is 11.5 Å². The molecule has 2 atom stereocenters. The van der Waals surface area contributed by atoms with E-state index in [2.05, 4.69) is 5.32 Å². The van der Waals surface area contributed by atoms with Gasteiger partial charge in [0, 0.05) is 10.0 Å². The molecule has 6 nitrogen and oxygen atoms in total. The second kappa shape index (κ2) is 9.48. The molecule has 0 radical (unpaired) electrons. The normalized spacial score (nSPS) is 12.6. The van der Waals surface area contributed by atoms with Gasteiger partial charge in [-0.05, 0) is 56.3 Å². The minimum absolute atomic E-state index is 0.378. The minimum atomic E-state index is -1.04. The summed E-state index contributed by atoms with van der Waals surface area (Å²) in [5, 5.41) is 3.61. The third kappa shape index (κ3) is 6.05. The first-order chi connectivity index (χ1) is 12.8. The van der Waals surface area contributed by atoms with Gasteiger partial charge in [-0.25, -0.2) is 4.79 Å². The lowest BCUT2D eigenvalue weighted by molar-refractivity contribution is -0.159. The van der Waals surface area contributed by atoms with Gasteiger partial charge in [0.15, 0.2) is 12.2 Å². The second-order valence-corrected chi connectivity index (χ2v) is 6.50. The van der Waals surface area contributed by atoms with Gasteiger partial charge in [0.2, 0.25) is 0 Å². The molecule has 144 valence electrons. The number of hydrogen-bond acceptors (Lipinski definition) is 5. The fraction of sp³-hybridized carbons (Fsp3) is 0.263. The number of anilines is 1. The summed E-state index contributed by atoms with van der Waals surface area (Å²) in [6.07, 6.45) is -1.94. The van der Waals surface area contributed by atoms with Crippen molar-refractivity contribution in [3.8, 4) is 11.5 Å². The molecule has 0 bridgehead atoms. The van der Waals surface area contributed by atoms with E-state index in [1.807, 2.05) is 0 Å². The van der Waals surface area contributed by atoms with E-state index in [0.717, 1.165) is 0 Å². The van der Waals surface area contributed by atoms with Gasteiger partial charge in [-0.15, -0.1) is 0 Å². The van der Waals surface area contributed by atoms with Gasteiger partial charge < -0.3 is 19.5 Å². The maximum Gasteiger partial charge on any atom is 0.347 e. The Morgan fingerprint density at radius 1 is 0.963 bits per heavy atom. The van der Waals surface area contributed by atoms with Gasteiger partial charge >= 0.3 is 5.97 Å². The Morgan fingerprint density at radius 2 is 1.59 bits per heavy atom. The van der Waals surface area contributed by atoms with E-state index in [-0.39, 0.29) is 0 Å². The number of halogens is 2. The molecule has 2 rings (SSSR count). The average Bonchev–Trinajstić information content (AvgIpc) is 2.63. The van der Waals surface area contributed by atoms with E-state index in [9.17, 15) is 9.59 Å². The zero-order valence-corrected chi connectivity index (χ0v) is 16.5. The highest BCUT2D eigenvalue weighted by molar-refractivity contribution is 6.31. The van der Waals surface area contributed by atoms with Crippen LogP contribution in [-0.2, 0) is 14.3 Å². The molecule has 0 saturated heterocycles. The Kier molecular flexibility index (Phi) is 7.33. The maximum atomic E-state index is 12.3. The van der Waals surface area contributed by atoms with Crippen LogP contribution < -0.4 is 14.8 Å². The first kappa shape index (κ1) is 20.9. The molecule has 0 aliphatic rings. The van der Waals surface area contributed by atoms with E-state index in [0.29, 0.717) is 27.2 Å². The monoisotopic (exact) mass is 411 g/mol. The fourth-order valence-electron chi connectivity index (χ4n) is 2.10. The van der Waals surface area contributed by atoms with Crippen LogP contribution in [-0.4, -0.2) is 31.2 Å². The number of methoxy groups -OCH3 is 1. The van der Waals surface area contributed by atoms with Crippen LogP contribution in [0.15, 0.2) is 42.5 Å². The Balaban J connectivity index is 1.94. The zero-order chi connectivity index (χ0) is 20.0. The number of esters is 1. The molecule has 27 heavy (non-hydrogen) atoms. The summed E-state index contributed by atoms with van der Waals surface area (Å²) in [5.74, 6) is -0.302. The summed E-state index contributed by atoms with van der Waals surface area (Å²) in [6.45, 7) is 2.99. The minimum Gasteiger partial charge on any atom is -0.495 e. The van der Waals surface area contributed by atoms with E-state index < -0.39 is 24.1 Å². The highest BCUT2D eigenvalue weighted by Crippen LogP contribution is 2.28. The third-order valence-corrected chi connectivity index (χ3v) is 4.03. The number of benzene rings is 2. The van der Waals surface area contributed by atoms with Crippen LogP contribution in [0.25, 0.3) is 0 Å². The van der Waals surface area contributed by atoms with Gasteiger partial charge in [-0.2, -0.15) is 0 Å². The predicted octanol–water partition coefficient (Wildman–Crippen LogP) is 4.34. The first-order valence-electron chi connectivity index (χ1n) is 8.07. The fourth-order valence-corrected chi connectivity index (χ4v) is 2.40. The Hall–Kier alpha value is -2.44. The topological polar surface area (TPSA) is 73.9 Å². The van der Waals surface area contributed by atoms with Crippen molar-refractivity contribution in [3.63, 3.8) is 0 Å². The van der Waals surface area contributed by atoms with Gasteiger partial charge in [0.25, 0.3) is 5.91 Å². The zero-order valence-electron chi connectivity index (χ0n) is 15.0. The average molecular weight is 412 g/mol. The molecule has 0 aliphatic heterocycles. The van der Waals surface area contributed by atoms with Gasteiger partial charge in [0.05, 0.1) is 12.8 Å². The Morgan fingerprint density at radius 3 is 2.22 bits per heavy atom. The molecule has 0 fully saturated rings. The van der Waals surface area contributed by atoms with E-state index in [1.165, 1.54) is 21.0 Å². The van der Waals surface area contributed by atoms with Crippen LogP contribution in [0.5, 0.6) is 11.5 Å². The van der Waals surface area contributed by atoms with Gasteiger partial charge in [-0.3, -0.25) is 4.79 Å². The molecule has 0 aromatic heterocycles. The van der Waals surface area contributed by atoms with Crippen molar-refractivity contribution >= 4 is 40.8 Å². The summed E-state index contributed by atoms with van der Waals surface area (Å²) in [5.41, 5.74) is 0.378. The number of carbonyl (C=O) groups is 2. The van der Waals surface area contributed by atoms with Crippen LogP contribution in [0.1, 0.15) is 13.8 Å². The van der Waals surface area contributed by atoms with Crippen LogP contribution in [0.4, 0.5) is 5.69 Å². The van der Waals surface area contributed by atoms with E-state index >= 15 is 0 Å². The molecular formula is C19H19Cl2NO5. The molecule has 2 aromatic carbocycles. The Bertz CT molecular complexity index is 810. The SMILES string of the molecule is COc1ccc(Cl)cc1NC(=O)[C@@H](C)OC(=O)[C@@H](C)Oc1ccc(Cl)cc1. The summed E-state index contributed by atoms with van der Waals surface area (Å²) in [4.78, 5) is 24.5. The van der Waals surface area contributed by atoms with Crippen LogP contribution in [0, 0.1) is 0 Å². The maximum absolute atomic E-state index is 12.3. The molecule has 0 heterocycles. The number of rotatable bonds is 7. The van der Waals surface area contributed by atoms with Crippen molar-refractivity contribution in [3.05, 3.63) is 52.5 Å². The van der Waals surface area contributed by atoms with Crippen molar-refractivity contribution < 1.29 is 23.8 Å². The number of carbonyl (C=O) groups excluding carboxylic acids is 2. The van der Waals surface area contributed by atoms with Crippen molar-refractivity contribution in [2.24, 2.45) is 0 Å². The molecule has 1 amide bonds. The lowest BCUT2D eigenvalue weighted by atomic mass is 10.2. The first-order valence-corrected chi connectivity index (χ1v) is 8.83. The summed E-state index contributed by atoms with van der Waals surface area (Å²) < 4.78 is 15.8. The van der Waals surface area contributed by atoms with Crippen molar-refractivity contribution in [1.82, 2.24) is 0 Å². The van der Waals surface area contributed by atoms with Gasteiger partial charge in [-0.1, -0.05) is 23.2 Å². The summed E-state index contributed by atoms with van der Waals surface area (Å²) >= 11 is 11.7. The lowest BCUT2D eigenvalue weighted by Crippen LogP contribution is -2.35. The van der Waals surface area contributed by atoms with Crippen LogP contribution in [0.2, 0.25) is 10.0 Å². The quantitative estimate of drug-likeness (QED) is 0.685. The van der Waals surface area contributed by atoms with E-state index in [4.69, 9.17) is 37.4 Å². The molecule has 1 N–H and O–H groups in total. The second-order valence-electron chi connectivity index (χ2n) is 5.63.